The van der Waals surface area contributed by atoms with Crippen LogP contribution in [-0.2, 0) is 6.54 Å². The van der Waals surface area contributed by atoms with E-state index in [9.17, 15) is 4.79 Å². The lowest BCUT2D eigenvalue weighted by Gasteiger charge is -2.19. The summed E-state index contributed by atoms with van der Waals surface area (Å²) < 4.78 is 5.88. The summed E-state index contributed by atoms with van der Waals surface area (Å²) >= 11 is 0. The van der Waals surface area contributed by atoms with Crippen LogP contribution in [0.1, 0.15) is 28.4 Å². The Kier molecular flexibility index (Phi) is 5.53. The lowest BCUT2D eigenvalue weighted by atomic mass is 10.0. The highest BCUT2D eigenvalue weighted by Gasteiger charge is 2.17. The topological polar surface area (TPSA) is 58.2 Å². The Morgan fingerprint density at radius 3 is 2.73 bits per heavy atom. The van der Waals surface area contributed by atoms with Gasteiger partial charge in [-0.25, -0.2) is 0 Å². The molecule has 0 unspecified atom stereocenters. The molecular formula is C25H25N3O2. The third kappa shape index (κ3) is 3.92. The molecule has 3 aromatic carbocycles. The van der Waals surface area contributed by atoms with Gasteiger partial charge in [-0.15, -0.1) is 0 Å². The number of aromatic nitrogens is 2. The summed E-state index contributed by atoms with van der Waals surface area (Å²) in [6.07, 6.45) is 1.79. The molecule has 4 rings (SSSR count). The number of aromatic amines is 1. The van der Waals surface area contributed by atoms with E-state index in [-0.39, 0.29) is 5.91 Å². The Morgan fingerprint density at radius 2 is 1.93 bits per heavy atom. The predicted molar refractivity (Wildman–Crippen MR) is 120 cm³/mol. The Labute approximate surface area is 176 Å². The van der Waals surface area contributed by atoms with Gasteiger partial charge in [-0.05, 0) is 43.2 Å². The molecule has 0 spiro atoms. The van der Waals surface area contributed by atoms with Crippen LogP contribution in [0.15, 0.2) is 66.9 Å². The second-order valence-corrected chi connectivity index (χ2v) is 7.43. The van der Waals surface area contributed by atoms with Gasteiger partial charge in [-0.2, -0.15) is 5.10 Å². The Morgan fingerprint density at radius 1 is 1.10 bits per heavy atom. The third-order valence-electron chi connectivity index (χ3n) is 5.17. The number of hydrogen-bond acceptors (Lipinski definition) is 3. The van der Waals surface area contributed by atoms with Gasteiger partial charge in [-0.3, -0.25) is 9.89 Å². The fourth-order valence-corrected chi connectivity index (χ4v) is 3.69. The average Bonchev–Trinajstić information content (AvgIpc) is 3.23. The van der Waals surface area contributed by atoms with Crippen molar-refractivity contribution in [2.75, 3.05) is 13.7 Å². The van der Waals surface area contributed by atoms with Crippen molar-refractivity contribution in [3.8, 4) is 16.9 Å². The number of nitrogens with one attached hydrogen (secondary N) is 1. The summed E-state index contributed by atoms with van der Waals surface area (Å²) in [6.45, 7) is 5.04. The van der Waals surface area contributed by atoms with Crippen LogP contribution in [0.5, 0.6) is 5.75 Å². The molecule has 5 heteroatoms. The number of amides is 1. The summed E-state index contributed by atoms with van der Waals surface area (Å²) in [5, 5.41) is 8.16. The number of H-pyrrole nitrogens is 1. The van der Waals surface area contributed by atoms with Crippen molar-refractivity contribution in [1.29, 1.82) is 0 Å². The van der Waals surface area contributed by atoms with Crippen molar-refractivity contribution in [2.45, 2.75) is 20.4 Å². The number of para-hydroxylation sites is 1. The van der Waals surface area contributed by atoms with E-state index in [1.807, 2.05) is 56.4 Å². The highest BCUT2D eigenvalue weighted by molar-refractivity contribution is 5.95. The lowest BCUT2D eigenvalue weighted by molar-refractivity contribution is 0.0785. The molecule has 5 nitrogen and oxygen atoms in total. The monoisotopic (exact) mass is 399 g/mol. The highest BCUT2D eigenvalue weighted by atomic mass is 16.5. The zero-order chi connectivity index (χ0) is 21.1. The van der Waals surface area contributed by atoms with Crippen LogP contribution in [-0.4, -0.2) is 34.7 Å². The molecular weight excluding hydrogens is 374 g/mol. The minimum atomic E-state index is -0.0525. The molecule has 0 fully saturated rings. The Hall–Kier alpha value is -3.60. The summed E-state index contributed by atoms with van der Waals surface area (Å²) in [5.74, 6) is 0.668. The maximum absolute atomic E-state index is 13.1. The largest absolute Gasteiger partial charge is 0.493 e. The summed E-state index contributed by atoms with van der Waals surface area (Å²) in [7, 11) is 1.81. The smallest absolute Gasteiger partial charge is 0.254 e. The van der Waals surface area contributed by atoms with Crippen LogP contribution in [0.25, 0.3) is 22.0 Å². The van der Waals surface area contributed by atoms with E-state index in [1.54, 1.807) is 11.1 Å². The summed E-state index contributed by atoms with van der Waals surface area (Å²) in [5.41, 5.74) is 5.85. The molecule has 0 saturated carbocycles. The maximum atomic E-state index is 13.1. The van der Waals surface area contributed by atoms with Crippen LogP contribution in [0.4, 0.5) is 0 Å². The summed E-state index contributed by atoms with van der Waals surface area (Å²) in [4.78, 5) is 14.8. The van der Waals surface area contributed by atoms with E-state index in [1.165, 1.54) is 5.56 Å². The van der Waals surface area contributed by atoms with Gasteiger partial charge in [0.1, 0.15) is 5.75 Å². The zero-order valence-electron chi connectivity index (χ0n) is 17.5. The molecule has 4 aromatic rings. The zero-order valence-corrected chi connectivity index (χ0v) is 17.5. The number of benzene rings is 3. The van der Waals surface area contributed by atoms with Crippen LogP contribution >= 0.6 is 0 Å². The molecule has 0 aliphatic carbocycles. The SMILES string of the molecule is CCOc1cc(C(=O)N(C)Cc2cccc3cn[nH]c23)ccc1-c1cccc(C)c1. The van der Waals surface area contributed by atoms with Gasteiger partial charge >= 0.3 is 0 Å². The highest BCUT2D eigenvalue weighted by Crippen LogP contribution is 2.32. The molecule has 30 heavy (non-hydrogen) atoms. The van der Waals surface area contributed by atoms with Crippen molar-refractivity contribution in [3.63, 3.8) is 0 Å². The number of carbonyl (C=O) groups excluding carboxylic acids is 1. The molecule has 0 atom stereocenters. The van der Waals surface area contributed by atoms with Gasteiger partial charge in [-0.1, -0.05) is 48.0 Å². The third-order valence-corrected chi connectivity index (χ3v) is 5.17. The summed E-state index contributed by atoms with van der Waals surface area (Å²) in [6, 6.07) is 20.0. The maximum Gasteiger partial charge on any atom is 0.254 e. The Balaban J connectivity index is 1.62. The van der Waals surface area contributed by atoms with Crippen LogP contribution in [0.3, 0.4) is 0 Å². The van der Waals surface area contributed by atoms with Crippen LogP contribution in [0, 0.1) is 6.92 Å². The molecule has 1 heterocycles. The van der Waals surface area contributed by atoms with Gasteiger partial charge in [0.2, 0.25) is 0 Å². The van der Waals surface area contributed by atoms with E-state index in [4.69, 9.17) is 4.74 Å². The predicted octanol–water partition coefficient (Wildman–Crippen LogP) is 5.21. The number of aryl methyl sites for hydroxylation is 1. The normalized spacial score (nSPS) is 10.9. The van der Waals surface area contributed by atoms with Gasteiger partial charge < -0.3 is 9.64 Å². The number of rotatable bonds is 6. The standard InChI is InChI=1S/C25H25N3O2/c1-4-30-23-14-19(11-12-22(23)18-8-5-7-17(2)13-18)25(29)28(3)16-21-10-6-9-20-15-26-27-24(20)21/h5-15H,4,16H2,1-3H3,(H,26,27). The molecule has 1 aromatic heterocycles. The molecule has 0 aliphatic rings. The average molecular weight is 399 g/mol. The fraction of sp³-hybridized carbons (Fsp3) is 0.200. The minimum Gasteiger partial charge on any atom is -0.493 e. The molecule has 1 amide bonds. The Bertz CT molecular complexity index is 1200. The van der Waals surface area contributed by atoms with Crippen molar-refractivity contribution < 1.29 is 9.53 Å². The number of fused-ring (bicyclic) bond motifs is 1. The van der Waals surface area contributed by atoms with Crippen molar-refractivity contribution in [1.82, 2.24) is 15.1 Å². The van der Waals surface area contributed by atoms with Crippen molar-refractivity contribution in [2.24, 2.45) is 0 Å². The molecule has 0 aliphatic heterocycles. The first-order chi connectivity index (χ1) is 14.6. The molecule has 0 bridgehead atoms. The van der Waals surface area contributed by atoms with Gasteiger partial charge in [0.05, 0.1) is 18.3 Å². The first kappa shape index (κ1) is 19.7. The van der Waals surface area contributed by atoms with E-state index in [2.05, 4.69) is 35.3 Å². The number of hydrogen-bond donors (Lipinski definition) is 1. The number of carbonyl (C=O) groups is 1. The molecule has 1 N–H and O–H groups in total. The van der Waals surface area contributed by atoms with Crippen molar-refractivity contribution in [3.05, 3.63) is 83.6 Å². The van der Waals surface area contributed by atoms with Gasteiger partial charge in [0.15, 0.2) is 0 Å². The molecule has 0 saturated heterocycles. The van der Waals surface area contributed by atoms with E-state index in [0.29, 0.717) is 18.7 Å². The number of ether oxygens (including phenoxy) is 1. The van der Waals surface area contributed by atoms with Crippen molar-refractivity contribution >= 4 is 16.8 Å². The van der Waals surface area contributed by atoms with Crippen LogP contribution < -0.4 is 4.74 Å². The number of nitrogens with zero attached hydrogens (tertiary/aromatic N) is 2. The minimum absolute atomic E-state index is 0.0525. The van der Waals surface area contributed by atoms with Crippen LogP contribution in [0.2, 0.25) is 0 Å². The van der Waals surface area contributed by atoms with E-state index < -0.39 is 0 Å². The van der Waals surface area contributed by atoms with Gasteiger partial charge in [0, 0.05) is 30.1 Å². The lowest BCUT2D eigenvalue weighted by Crippen LogP contribution is -2.26. The first-order valence-electron chi connectivity index (χ1n) is 10.1. The first-order valence-corrected chi connectivity index (χ1v) is 10.1. The fourth-order valence-electron chi connectivity index (χ4n) is 3.69. The van der Waals surface area contributed by atoms with E-state index in [0.717, 1.165) is 33.3 Å². The second-order valence-electron chi connectivity index (χ2n) is 7.43. The van der Waals surface area contributed by atoms with Gasteiger partial charge in [0.25, 0.3) is 5.91 Å². The van der Waals surface area contributed by atoms with E-state index >= 15 is 0 Å². The quantitative estimate of drug-likeness (QED) is 0.484. The molecule has 152 valence electrons. The molecule has 0 radical (unpaired) electrons. The second kappa shape index (κ2) is 8.41.